The number of para-hydroxylation sites is 1. The predicted octanol–water partition coefficient (Wildman–Crippen LogP) is 5.56. The van der Waals surface area contributed by atoms with E-state index in [1.807, 2.05) is 58.5 Å². The maximum Gasteiger partial charge on any atom is 0.318 e. The van der Waals surface area contributed by atoms with Crippen LogP contribution in [0.5, 0.6) is 0 Å². The molecule has 0 unspecified atom stereocenters. The van der Waals surface area contributed by atoms with E-state index in [4.69, 9.17) is 11.6 Å². The van der Waals surface area contributed by atoms with Crippen LogP contribution < -0.4 is 10.2 Å². The smallest absolute Gasteiger partial charge is 0.318 e. The number of hydrogen-bond acceptors (Lipinski definition) is 4. The Morgan fingerprint density at radius 3 is 2.46 bits per heavy atom. The molecule has 46 heavy (non-hydrogen) atoms. The van der Waals surface area contributed by atoms with Gasteiger partial charge in [-0.05, 0) is 79.2 Å². The minimum atomic E-state index is -0.719. The maximum atomic E-state index is 14.7. The molecular weight excluding hydrogens is 596 g/mol. The van der Waals surface area contributed by atoms with Crippen molar-refractivity contribution in [3.05, 3.63) is 101 Å². The van der Waals surface area contributed by atoms with E-state index < -0.39 is 6.04 Å². The van der Waals surface area contributed by atoms with Crippen LogP contribution in [0.4, 0.5) is 10.5 Å². The van der Waals surface area contributed by atoms with Crippen LogP contribution in [-0.2, 0) is 24.2 Å². The van der Waals surface area contributed by atoms with E-state index in [0.717, 1.165) is 73.4 Å². The number of anilines is 1. The average Bonchev–Trinajstić information content (AvgIpc) is 3.74. The third-order valence-electron chi connectivity index (χ3n) is 9.87. The summed E-state index contributed by atoms with van der Waals surface area (Å²) in [6.07, 6.45) is 5.73. The van der Waals surface area contributed by atoms with Gasteiger partial charge in [0, 0.05) is 80.0 Å². The highest BCUT2D eigenvalue weighted by molar-refractivity contribution is 6.30. The van der Waals surface area contributed by atoms with Crippen molar-refractivity contribution < 1.29 is 9.59 Å². The summed E-state index contributed by atoms with van der Waals surface area (Å²) >= 11 is 6.46. The van der Waals surface area contributed by atoms with Gasteiger partial charge >= 0.3 is 6.03 Å². The van der Waals surface area contributed by atoms with Gasteiger partial charge in [0.2, 0.25) is 5.91 Å². The fourth-order valence-corrected chi connectivity index (χ4v) is 7.67. The van der Waals surface area contributed by atoms with Crippen LogP contribution in [0.1, 0.15) is 29.5 Å². The van der Waals surface area contributed by atoms with Crippen LogP contribution in [0.25, 0.3) is 10.9 Å². The van der Waals surface area contributed by atoms with Crippen LogP contribution in [0.15, 0.2) is 79.0 Å². The van der Waals surface area contributed by atoms with E-state index in [1.54, 1.807) is 0 Å². The number of H-pyrrole nitrogens is 1. The molecular formula is C37H43ClN6O2. The van der Waals surface area contributed by atoms with Crippen molar-refractivity contribution >= 4 is 40.1 Å². The van der Waals surface area contributed by atoms with Crippen molar-refractivity contribution in [2.75, 3.05) is 57.3 Å². The lowest BCUT2D eigenvalue weighted by Crippen LogP contribution is -2.58. The lowest BCUT2D eigenvalue weighted by atomic mass is 9.91. The molecule has 240 valence electrons. The Morgan fingerprint density at radius 2 is 1.65 bits per heavy atom. The van der Waals surface area contributed by atoms with Crippen molar-refractivity contribution in [1.82, 2.24) is 25.0 Å². The summed E-state index contributed by atoms with van der Waals surface area (Å²) in [4.78, 5) is 40.6. The van der Waals surface area contributed by atoms with Gasteiger partial charge < -0.3 is 25.0 Å². The second kappa shape index (κ2) is 13.9. The first kappa shape index (κ1) is 30.8. The minimum Gasteiger partial charge on any atom is -0.361 e. The Kier molecular flexibility index (Phi) is 9.28. The first-order valence-corrected chi connectivity index (χ1v) is 17.1. The normalized spacial score (nSPS) is 19.7. The van der Waals surface area contributed by atoms with Crippen molar-refractivity contribution in [3.8, 4) is 0 Å². The number of amides is 3. The summed E-state index contributed by atoms with van der Waals surface area (Å²) in [6.45, 7) is 7.52. The number of hydrogen-bond donors (Lipinski definition) is 2. The van der Waals surface area contributed by atoms with Gasteiger partial charge in [-0.25, -0.2) is 4.79 Å². The zero-order valence-corrected chi connectivity index (χ0v) is 27.1. The molecule has 4 aromatic rings. The number of likely N-dealkylation sites (tertiary alicyclic amines) is 1. The number of rotatable bonds is 8. The first-order valence-electron chi connectivity index (χ1n) is 16.7. The van der Waals surface area contributed by atoms with Crippen LogP contribution in [-0.4, -0.2) is 90.0 Å². The summed E-state index contributed by atoms with van der Waals surface area (Å²) in [6, 6.07) is 23.5. The number of urea groups is 1. The molecule has 3 amide bonds. The summed E-state index contributed by atoms with van der Waals surface area (Å²) in [5, 5.41) is 4.96. The number of halogens is 1. The molecule has 2 saturated heterocycles. The van der Waals surface area contributed by atoms with Gasteiger partial charge in [-0.1, -0.05) is 60.1 Å². The molecule has 4 heterocycles. The van der Waals surface area contributed by atoms with Crippen LogP contribution >= 0.6 is 11.6 Å². The Hall–Kier alpha value is -3.85. The van der Waals surface area contributed by atoms with Gasteiger partial charge in [0.1, 0.15) is 6.04 Å². The summed E-state index contributed by atoms with van der Waals surface area (Å²) in [5.41, 5.74) is 5.32. The van der Waals surface area contributed by atoms with Gasteiger partial charge in [0.15, 0.2) is 0 Å². The van der Waals surface area contributed by atoms with Crippen molar-refractivity contribution in [2.24, 2.45) is 5.92 Å². The fraction of sp³-hybridized carbons (Fsp3) is 0.405. The quantitative estimate of drug-likeness (QED) is 0.265. The molecule has 0 radical (unpaired) electrons. The summed E-state index contributed by atoms with van der Waals surface area (Å²) < 4.78 is 0. The average molecular weight is 639 g/mol. The highest BCUT2D eigenvalue weighted by atomic mass is 35.5. The Labute approximate surface area is 276 Å². The maximum absolute atomic E-state index is 14.7. The van der Waals surface area contributed by atoms with Gasteiger partial charge in [-0.3, -0.25) is 9.69 Å². The molecule has 3 aliphatic rings. The molecule has 3 aliphatic heterocycles. The van der Waals surface area contributed by atoms with Gasteiger partial charge in [-0.15, -0.1) is 0 Å². The molecule has 3 aromatic carbocycles. The number of piperazine rings is 1. The monoisotopic (exact) mass is 638 g/mol. The summed E-state index contributed by atoms with van der Waals surface area (Å²) in [5.74, 6) is 0.228. The third-order valence-corrected chi connectivity index (χ3v) is 10.1. The zero-order valence-electron chi connectivity index (χ0n) is 26.3. The number of carbonyl (C=O) groups is 2. The highest BCUT2D eigenvalue weighted by Gasteiger charge is 2.36. The van der Waals surface area contributed by atoms with E-state index in [9.17, 15) is 9.59 Å². The molecule has 1 aromatic heterocycles. The van der Waals surface area contributed by atoms with Gasteiger partial charge in [0.05, 0.1) is 0 Å². The molecule has 7 rings (SSSR count). The second-order valence-electron chi connectivity index (χ2n) is 13.1. The standard InChI is InChI=1S/C37H43ClN6O2/c38-31-12-13-35-29(21-31)20-28(25-41-14-6-7-15-41)26-44(35)36(45)34(22-30-23-39-33-11-5-4-10-32(30)33)40-37(46)43-18-16-42(17-19-43)24-27-8-2-1-3-9-27/h1-5,8-13,21,23,28,34,39H,6-7,14-20,22,24-26H2,(H,40,46)/t28-,34-/m1/s1. The van der Waals surface area contributed by atoms with E-state index >= 15 is 0 Å². The van der Waals surface area contributed by atoms with Crippen LogP contribution in [0.3, 0.4) is 0 Å². The molecule has 0 spiro atoms. The molecule has 2 atom stereocenters. The summed E-state index contributed by atoms with van der Waals surface area (Å²) in [7, 11) is 0. The topological polar surface area (TPSA) is 74.9 Å². The Balaban J connectivity index is 1.11. The van der Waals surface area contributed by atoms with Crippen molar-refractivity contribution in [1.29, 1.82) is 0 Å². The molecule has 0 bridgehead atoms. The molecule has 9 heteroatoms. The first-order chi connectivity index (χ1) is 22.5. The Bertz CT molecular complexity index is 1660. The van der Waals surface area contributed by atoms with E-state index in [1.165, 1.54) is 18.4 Å². The largest absolute Gasteiger partial charge is 0.361 e. The van der Waals surface area contributed by atoms with Crippen molar-refractivity contribution in [2.45, 2.75) is 38.3 Å². The molecule has 2 N–H and O–H groups in total. The van der Waals surface area contributed by atoms with E-state index in [-0.39, 0.29) is 11.9 Å². The van der Waals surface area contributed by atoms with E-state index in [0.29, 0.717) is 37.0 Å². The zero-order chi connectivity index (χ0) is 31.5. The molecule has 2 fully saturated rings. The fourth-order valence-electron chi connectivity index (χ4n) is 7.47. The third kappa shape index (κ3) is 6.94. The SMILES string of the molecule is O=C(N[C@H](Cc1c[nH]c2ccccc12)C(=O)N1C[C@@H](CN2CCCC2)Cc2cc(Cl)ccc21)N1CCN(Cc2ccccc2)CC1. The minimum absolute atomic E-state index is 0.0731. The molecule has 8 nitrogen and oxygen atoms in total. The van der Waals surface area contributed by atoms with Crippen molar-refractivity contribution in [3.63, 3.8) is 0 Å². The second-order valence-corrected chi connectivity index (χ2v) is 13.6. The number of nitrogens with zero attached hydrogens (tertiary/aromatic N) is 4. The van der Waals surface area contributed by atoms with Gasteiger partial charge in [-0.2, -0.15) is 0 Å². The van der Waals surface area contributed by atoms with Crippen LogP contribution in [0, 0.1) is 5.92 Å². The number of aromatic nitrogens is 1. The number of aromatic amines is 1. The number of carbonyl (C=O) groups excluding carboxylic acids is 2. The number of benzene rings is 3. The number of nitrogens with one attached hydrogen (secondary N) is 2. The predicted molar refractivity (Wildman–Crippen MR) is 184 cm³/mol. The van der Waals surface area contributed by atoms with E-state index in [2.05, 4.69) is 50.4 Å². The number of fused-ring (bicyclic) bond motifs is 2. The molecule has 0 aliphatic carbocycles. The van der Waals surface area contributed by atoms with Crippen LogP contribution in [0.2, 0.25) is 5.02 Å². The Morgan fingerprint density at radius 1 is 0.891 bits per heavy atom. The highest BCUT2D eigenvalue weighted by Crippen LogP contribution is 2.34. The molecule has 0 saturated carbocycles. The lowest BCUT2D eigenvalue weighted by Gasteiger charge is -2.39. The van der Waals surface area contributed by atoms with Gasteiger partial charge in [0.25, 0.3) is 0 Å². The lowest BCUT2D eigenvalue weighted by molar-refractivity contribution is -0.120.